The lowest BCUT2D eigenvalue weighted by atomic mass is 9.89. The molecular weight excluding hydrogens is 782 g/mol. The van der Waals surface area contributed by atoms with E-state index in [2.05, 4.69) is 0 Å². The molecule has 0 N–H and O–H groups in total. The predicted molar refractivity (Wildman–Crippen MR) is 160 cm³/mol. The second kappa shape index (κ2) is 13.2. The number of nitriles is 6. The first-order valence-corrected chi connectivity index (χ1v) is 14.5. The van der Waals surface area contributed by atoms with E-state index in [1.54, 1.807) is 0 Å². The summed E-state index contributed by atoms with van der Waals surface area (Å²) in [5, 5.41) is 59.6. The summed E-state index contributed by atoms with van der Waals surface area (Å²) in [6.45, 7) is 0. The summed E-state index contributed by atoms with van der Waals surface area (Å²) in [5.74, 6) is -5.00. The average molecular weight is 788 g/mol. The molecule has 0 saturated heterocycles. The van der Waals surface area contributed by atoms with E-state index in [9.17, 15) is 84.3 Å². The average Bonchev–Trinajstić information content (AvgIpc) is 3.57. The van der Waals surface area contributed by atoms with E-state index in [0.29, 0.717) is 0 Å². The Hall–Kier alpha value is -7.42. The van der Waals surface area contributed by atoms with Gasteiger partial charge in [-0.05, 0) is 58.7 Å². The van der Waals surface area contributed by atoms with Gasteiger partial charge in [0.05, 0.1) is 22.3 Å². The van der Waals surface area contributed by atoms with E-state index in [-0.39, 0.29) is 24.3 Å². The molecule has 0 aromatic heterocycles. The zero-order chi connectivity index (χ0) is 42.0. The first-order chi connectivity index (χ1) is 25.9. The van der Waals surface area contributed by atoms with Crippen molar-refractivity contribution in [1.29, 1.82) is 31.6 Å². The largest absolute Gasteiger partial charge is 0.419 e. The Kier molecular flexibility index (Phi) is 9.35. The summed E-state index contributed by atoms with van der Waals surface area (Å²) in [6, 6.07) is 9.41. The molecule has 0 radical (unpaired) electrons. The van der Waals surface area contributed by atoms with Gasteiger partial charge >= 0.3 is 24.7 Å². The summed E-state index contributed by atoms with van der Waals surface area (Å²) < 4.78 is 195. The fourth-order valence-corrected chi connectivity index (χ4v) is 6.34. The number of rotatable bonds is 2. The lowest BCUT2D eigenvalue weighted by Crippen LogP contribution is -2.19. The Morgan fingerprint density at radius 3 is 0.946 bits per heavy atom. The molecule has 0 aliphatic heterocycles. The smallest absolute Gasteiger partial charge is 0.206 e. The van der Waals surface area contributed by atoms with E-state index >= 15 is 8.78 Å². The highest BCUT2D eigenvalue weighted by Gasteiger charge is 2.48. The van der Waals surface area contributed by atoms with Gasteiger partial charge < -0.3 is 0 Å². The van der Waals surface area contributed by atoms with Gasteiger partial charge in [-0.25, -0.2) is 8.78 Å². The third-order valence-corrected chi connectivity index (χ3v) is 8.34. The van der Waals surface area contributed by atoms with Crippen molar-refractivity contribution >= 4 is 33.4 Å². The molecule has 278 valence electrons. The molecule has 2 aliphatic carbocycles. The van der Waals surface area contributed by atoms with Crippen LogP contribution in [-0.2, 0) is 24.7 Å². The van der Waals surface area contributed by atoms with E-state index in [1.165, 1.54) is 36.4 Å². The van der Waals surface area contributed by atoms with Crippen LogP contribution in [0.5, 0.6) is 0 Å². The summed E-state index contributed by atoms with van der Waals surface area (Å²) in [6.07, 6.45) is -23.6. The molecule has 2 aliphatic rings. The van der Waals surface area contributed by atoms with Gasteiger partial charge in [-0.2, -0.15) is 84.3 Å². The summed E-state index contributed by atoms with van der Waals surface area (Å²) in [5.41, 5.74) is -22.6. The third-order valence-electron chi connectivity index (χ3n) is 8.34. The number of benzene rings is 3. The van der Waals surface area contributed by atoms with Crippen LogP contribution in [0.2, 0.25) is 0 Å². The second-order valence-electron chi connectivity index (χ2n) is 11.4. The van der Waals surface area contributed by atoms with Gasteiger partial charge in [-0.15, -0.1) is 0 Å². The molecule has 3 aromatic rings. The molecule has 0 spiro atoms. The van der Waals surface area contributed by atoms with Crippen molar-refractivity contribution in [2.45, 2.75) is 24.7 Å². The van der Waals surface area contributed by atoms with Gasteiger partial charge in [0, 0.05) is 33.4 Å². The lowest BCUT2D eigenvalue weighted by molar-refractivity contribution is -0.163. The van der Waals surface area contributed by atoms with Crippen LogP contribution in [0.4, 0.5) is 61.5 Å². The van der Waals surface area contributed by atoms with Crippen molar-refractivity contribution in [3.8, 4) is 36.4 Å². The van der Waals surface area contributed by atoms with Gasteiger partial charge in [0.2, 0.25) is 0 Å². The maximum Gasteiger partial charge on any atom is 0.419 e. The summed E-state index contributed by atoms with van der Waals surface area (Å²) in [7, 11) is 0. The number of fused-ring (bicyclic) bond motifs is 2. The summed E-state index contributed by atoms with van der Waals surface area (Å²) in [4.78, 5) is 0. The van der Waals surface area contributed by atoms with Crippen molar-refractivity contribution in [3.63, 3.8) is 0 Å². The molecular formula is C36H6F14N6. The normalized spacial score (nSPS) is 13.9. The number of alkyl halides is 12. The first-order valence-electron chi connectivity index (χ1n) is 14.5. The number of halogens is 14. The molecule has 0 unspecified atom stereocenters. The van der Waals surface area contributed by atoms with E-state index in [0.717, 1.165) is 12.1 Å². The number of hydrogen-bond donors (Lipinski definition) is 0. The van der Waals surface area contributed by atoms with Crippen LogP contribution in [0.3, 0.4) is 0 Å². The molecule has 0 bridgehead atoms. The zero-order valence-electron chi connectivity index (χ0n) is 26.4. The topological polar surface area (TPSA) is 143 Å². The Labute approximate surface area is 302 Å². The van der Waals surface area contributed by atoms with E-state index in [4.69, 9.17) is 0 Å². The minimum absolute atomic E-state index is 0.0679. The standard InChI is InChI=1S/C36H6F14N6/c37-25-3-13(1-23(33(39,40)41)31(25)35(45,46)47)27-21(11-55)17-5-20-18(6-19(17)29(27)15(7-51)8-52)22(12-56)28(30(20)16(9-53)10-54)14-2-24(34(42,43)44)32(26(38)4-14)36(48,49)50/h1-6H. The highest BCUT2D eigenvalue weighted by atomic mass is 19.4. The maximum absolute atomic E-state index is 15.0. The Morgan fingerprint density at radius 1 is 0.411 bits per heavy atom. The second-order valence-corrected chi connectivity index (χ2v) is 11.4. The molecule has 6 nitrogen and oxygen atoms in total. The van der Waals surface area contributed by atoms with Gasteiger partial charge in [0.1, 0.15) is 70.3 Å². The quantitative estimate of drug-likeness (QED) is 0.187. The molecule has 56 heavy (non-hydrogen) atoms. The third kappa shape index (κ3) is 6.24. The van der Waals surface area contributed by atoms with Gasteiger partial charge in [-0.1, -0.05) is 0 Å². The molecule has 0 atom stereocenters. The van der Waals surface area contributed by atoms with E-state index < -0.39 is 137 Å². The number of allylic oxidation sites excluding steroid dienone is 8. The fourth-order valence-electron chi connectivity index (χ4n) is 6.34. The van der Waals surface area contributed by atoms with Crippen molar-refractivity contribution in [3.05, 3.63) is 115 Å². The highest BCUT2D eigenvalue weighted by molar-refractivity contribution is 6.29. The Morgan fingerprint density at radius 2 is 0.714 bits per heavy atom. The number of nitrogens with zero attached hydrogens (tertiary/aromatic N) is 6. The van der Waals surface area contributed by atoms with Crippen molar-refractivity contribution < 1.29 is 61.5 Å². The van der Waals surface area contributed by atoms with Gasteiger partial charge in [0.25, 0.3) is 0 Å². The molecule has 20 heteroatoms. The number of hydrogen-bond acceptors (Lipinski definition) is 6. The van der Waals surface area contributed by atoms with Crippen LogP contribution in [0.15, 0.2) is 47.5 Å². The minimum Gasteiger partial charge on any atom is -0.206 e. The maximum atomic E-state index is 15.0. The molecule has 3 aromatic carbocycles. The predicted octanol–water partition coefficient (Wildman–Crippen LogP) is 10.5. The van der Waals surface area contributed by atoms with Crippen LogP contribution in [0, 0.1) is 79.6 Å². The van der Waals surface area contributed by atoms with Crippen molar-refractivity contribution in [2.24, 2.45) is 0 Å². The lowest BCUT2D eigenvalue weighted by Gasteiger charge is -2.19. The zero-order valence-corrected chi connectivity index (χ0v) is 26.4. The van der Waals surface area contributed by atoms with Crippen LogP contribution in [0.1, 0.15) is 55.6 Å². The molecule has 0 amide bonds. The molecule has 5 rings (SSSR count). The van der Waals surface area contributed by atoms with Crippen LogP contribution in [-0.4, -0.2) is 0 Å². The minimum atomic E-state index is -5.92. The summed E-state index contributed by atoms with van der Waals surface area (Å²) >= 11 is 0. The van der Waals surface area contributed by atoms with E-state index in [1.807, 2.05) is 0 Å². The molecule has 0 fully saturated rings. The fraction of sp³-hybridized carbons (Fsp3) is 0.111. The Bertz CT molecular complexity index is 2490. The van der Waals surface area contributed by atoms with Gasteiger partial charge in [-0.3, -0.25) is 0 Å². The van der Waals surface area contributed by atoms with Crippen LogP contribution >= 0.6 is 0 Å². The highest BCUT2D eigenvalue weighted by Crippen LogP contribution is 2.56. The van der Waals surface area contributed by atoms with Crippen molar-refractivity contribution in [2.75, 3.05) is 0 Å². The first kappa shape index (κ1) is 39.8. The molecule has 0 saturated carbocycles. The van der Waals surface area contributed by atoms with Crippen LogP contribution < -0.4 is 0 Å². The van der Waals surface area contributed by atoms with Crippen LogP contribution in [0.25, 0.3) is 33.4 Å². The van der Waals surface area contributed by atoms with Gasteiger partial charge in [0.15, 0.2) is 0 Å². The molecule has 0 heterocycles. The van der Waals surface area contributed by atoms with Crippen molar-refractivity contribution in [1.82, 2.24) is 0 Å². The Balaban J connectivity index is 1.95. The SMILES string of the molecule is N#CC(C#N)=C1C(c2cc(F)c(C(F)(F)F)c(C(F)(F)F)c2)=C(C#N)c2cc3c(cc21)C(C#N)=C(c1cc(F)c(C(F)(F)F)c(C(F)(F)F)c1)C3=C(C#N)C#N. The monoisotopic (exact) mass is 788 g/mol.